The van der Waals surface area contributed by atoms with Gasteiger partial charge in [-0.1, -0.05) is 42.5 Å². The topological polar surface area (TPSA) is 68.2 Å². The monoisotopic (exact) mass is 336 g/mol. The number of hydrogen-bond donors (Lipinski definition) is 2. The van der Waals surface area contributed by atoms with E-state index in [0.717, 1.165) is 11.3 Å². The summed E-state index contributed by atoms with van der Waals surface area (Å²) < 4.78 is 16.1. The first-order valence-electron chi connectivity index (χ1n) is 8.02. The number of hydrogen-bond acceptors (Lipinski definition) is 5. The SMILES string of the molecule is C/C=C/C=C/[C@H](O)[C@@H](OC)[C@H](O)CCOCc1ccccc1OC. The largest absolute Gasteiger partial charge is 0.496 e. The molecule has 1 rings (SSSR count). The maximum atomic E-state index is 10.2. The summed E-state index contributed by atoms with van der Waals surface area (Å²) in [5.41, 5.74) is 0.951. The second kappa shape index (κ2) is 11.8. The van der Waals surface area contributed by atoms with Crippen molar-refractivity contribution in [2.45, 2.75) is 38.3 Å². The van der Waals surface area contributed by atoms with Gasteiger partial charge in [0.25, 0.3) is 0 Å². The molecule has 5 nitrogen and oxygen atoms in total. The molecule has 0 aliphatic heterocycles. The molecule has 0 fully saturated rings. The third-order valence-electron chi connectivity index (χ3n) is 3.61. The molecular weight excluding hydrogens is 308 g/mol. The van der Waals surface area contributed by atoms with Gasteiger partial charge in [0.05, 0.1) is 19.8 Å². The van der Waals surface area contributed by atoms with E-state index in [0.29, 0.717) is 19.6 Å². The summed E-state index contributed by atoms with van der Waals surface area (Å²) in [6.45, 7) is 2.64. The Morgan fingerprint density at radius 3 is 2.54 bits per heavy atom. The predicted octanol–water partition coefficient (Wildman–Crippen LogP) is 2.47. The molecule has 0 saturated heterocycles. The van der Waals surface area contributed by atoms with Crippen LogP contribution in [0.5, 0.6) is 5.75 Å². The highest BCUT2D eigenvalue weighted by Gasteiger charge is 2.24. The Morgan fingerprint density at radius 1 is 1.12 bits per heavy atom. The van der Waals surface area contributed by atoms with Gasteiger partial charge in [0.1, 0.15) is 18.0 Å². The molecule has 3 atom stereocenters. The number of benzene rings is 1. The van der Waals surface area contributed by atoms with Gasteiger partial charge in [0.2, 0.25) is 0 Å². The Kier molecular flexibility index (Phi) is 10.0. The minimum Gasteiger partial charge on any atom is -0.496 e. The van der Waals surface area contributed by atoms with Crippen molar-refractivity contribution in [3.63, 3.8) is 0 Å². The van der Waals surface area contributed by atoms with E-state index in [4.69, 9.17) is 14.2 Å². The molecule has 5 heteroatoms. The van der Waals surface area contributed by atoms with Crippen molar-refractivity contribution in [2.75, 3.05) is 20.8 Å². The van der Waals surface area contributed by atoms with Gasteiger partial charge in [-0.15, -0.1) is 0 Å². The second-order valence-electron chi connectivity index (χ2n) is 5.32. The Bertz CT molecular complexity index is 512. The number of rotatable bonds is 11. The molecule has 0 aromatic heterocycles. The highest BCUT2D eigenvalue weighted by Crippen LogP contribution is 2.18. The molecule has 0 unspecified atom stereocenters. The third-order valence-corrected chi connectivity index (χ3v) is 3.61. The zero-order chi connectivity index (χ0) is 17.8. The average Bonchev–Trinajstić information content (AvgIpc) is 2.60. The van der Waals surface area contributed by atoms with Crippen molar-refractivity contribution in [1.82, 2.24) is 0 Å². The fourth-order valence-electron chi connectivity index (χ4n) is 2.30. The van der Waals surface area contributed by atoms with Crippen LogP contribution in [0.1, 0.15) is 18.9 Å². The first kappa shape index (κ1) is 20.4. The Hall–Kier alpha value is -1.66. The van der Waals surface area contributed by atoms with Crippen LogP contribution < -0.4 is 4.74 Å². The van der Waals surface area contributed by atoms with E-state index in [1.807, 2.05) is 37.3 Å². The van der Waals surface area contributed by atoms with Crippen molar-refractivity contribution in [3.8, 4) is 5.75 Å². The van der Waals surface area contributed by atoms with Gasteiger partial charge in [0, 0.05) is 19.3 Å². The van der Waals surface area contributed by atoms with Crippen LogP contribution in [0.3, 0.4) is 0 Å². The summed E-state index contributed by atoms with van der Waals surface area (Å²) in [7, 11) is 3.09. The van der Waals surface area contributed by atoms with Crippen LogP contribution >= 0.6 is 0 Å². The van der Waals surface area contributed by atoms with Gasteiger partial charge >= 0.3 is 0 Å². The van der Waals surface area contributed by atoms with Crippen LogP contribution in [0.4, 0.5) is 0 Å². The molecular formula is C19H28O5. The minimum absolute atomic E-state index is 0.352. The molecule has 0 heterocycles. The number of allylic oxidation sites excluding steroid dienone is 3. The average molecular weight is 336 g/mol. The molecule has 0 aliphatic carbocycles. The number of aliphatic hydroxyl groups excluding tert-OH is 2. The lowest BCUT2D eigenvalue weighted by atomic mass is 10.0. The first-order chi connectivity index (χ1) is 11.6. The van der Waals surface area contributed by atoms with Crippen LogP contribution in [0, 0.1) is 0 Å². The maximum absolute atomic E-state index is 10.2. The summed E-state index contributed by atoms with van der Waals surface area (Å²) in [5.74, 6) is 0.775. The number of aliphatic hydroxyl groups is 2. The summed E-state index contributed by atoms with van der Waals surface area (Å²) in [6, 6.07) is 7.63. The van der Waals surface area contributed by atoms with Crippen LogP contribution in [-0.2, 0) is 16.1 Å². The van der Waals surface area contributed by atoms with Crippen LogP contribution in [-0.4, -0.2) is 49.4 Å². The van der Waals surface area contributed by atoms with Gasteiger partial charge in [-0.2, -0.15) is 0 Å². The molecule has 24 heavy (non-hydrogen) atoms. The maximum Gasteiger partial charge on any atom is 0.124 e. The lowest BCUT2D eigenvalue weighted by Gasteiger charge is -2.24. The van der Waals surface area contributed by atoms with E-state index in [9.17, 15) is 10.2 Å². The third kappa shape index (κ3) is 6.84. The van der Waals surface area contributed by atoms with Crippen molar-refractivity contribution < 1.29 is 24.4 Å². The van der Waals surface area contributed by atoms with E-state index in [-0.39, 0.29) is 0 Å². The molecule has 0 radical (unpaired) electrons. The molecule has 0 spiro atoms. The smallest absolute Gasteiger partial charge is 0.124 e. The molecule has 0 amide bonds. The fraction of sp³-hybridized carbons (Fsp3) is 0.474. The summed E-state index contributed by atoms with van der Waals surface area (Å²) >= 11 is 0. The van der Waals surface area contributed by atoms with Crippen molar-refractivity contribution >= 4 is 0 Å². The van der Waals surface area contributed by atoms with Gasteiger partial charge in [0.15, 0.2) is 0 Å². The molecule has 1 aromatic rings. The zero-order valence-corrected chi connectivity index (χ0v) is 14.6. The second-order valence-corrected chi connectivity index (χ2v) is 5.32. The van der Waals surface area contributed by atoms with Crippen molar-refractivity contribution in [1.29, 1.82) is 0 Å². The summed E-state index contributed by atoms with van der Waals surface area (Å²) in [6.07, 6.45) is 4.94. The van der Waals surface area contributed by atoms with E-state index >= 15 is 0 Å². The molecule has 134 valence electrons. The highest BCUT2D eigenvalue weighted by atomic mass is 16.5. The van der Waals surface area contributed by atoms with Gasteiger partial charge in [-0.25, -0.2) is 0 Å². The predicted molar refractivity (Wildman–Crippen MR) is 94.0 cm³/mol. The van der Waals surface area contributed by atoms with Crippen LogP contribution in [0.25, 0.3) is 0 Å². The normalized spacial score (nSPS) is 15.7. The van der Waals surface area contributed by atoms with Crippen LogP contribution in [0.15, 0.2) is 48.6 Å². The van der Waals surface area contributed by atoms with E-state index in [1.54, 1.807) is 25.3 Å². The Morgan fingerprint density at radius 2 is 1.88 bits per heavy atom. The van der Waals surface area contributed by atoms with E-state index in [1.165, 1.54) is 7.11 Å². The lowest BCUT2D eigenvalue weighted by Crippen LogP contribution is -2.38. The van der Waals surface area contributed by atoms with Crippen molar-refractivity contribution in [2.24, 2.45) is 0 Å². The molecule has 0 saturated carbocycles. The lowest BCUT2D eigenvalue weighted by molar-refractivity contribution is -0.0754. The number of ether oxygens (including phenoxy) is 3. The van der Waals surface area contributed by atoms with Crippen molar-refractivity contribution in [3.05, 3.63) is 54.1 Å². The van der Waals surface area contributed by atoms with Crippen LogP contribution in [0.2, 0.25) is 0 Å². The molecule has 0 bridgehead atoms. The minimum atomic E-state index is -0.879. The van der Waals surface area contributed by atoms with Gasteiger partial charge in [-0.05, 0) is 19.4 Å². The van der Waals surface area contributed by atoms with E-state index < -0.39 is 18.3 Å². The summed E-state index contributed by atoms with van der Waals surface area (Å²) in [4.78, 5) is 0. The Balaban J connectivity index is 2.42. The zero-order valence-electron chi connectivity index (χ0n) is 14.6. The quantitative estimate of drug-likeness (QED) is 0.480. The fourth-order valence-corrected chi connectivity index (χ4v) is 2.30. The van der Waals surface area contributed by atoms with Gasteiger partial charge in [-0.3, -0.25) is 0 Å². The standard InChI is InChI=1S/C19H28O5/c1-4-5-6-10-16(20)19(23-3)17(21)12-13-24-14-15-9-7-8-11-18(15)22-2/h4-11,16-17,19-21H,12-14H2,1-3H3/b5-4+,10-6+/t16-,17+,19+/m0/s1. The highest BCUT2D eigenvalue weighted by molar-refractivity contribution is 5.32. The number of methoxy groups -OCH3 is 2. The summed E-state index contributed by atoms with van der Waals surface area (Å²) in [5, 5.41) is 20.2. The molecule has 1 aromatic carbocycles. The Labute approximate surface area is 144 Å². The van der Waals surface area contributed by atoms with E-state index in [2.05, 4.69) is 0 Å². The number of para-hydroxylation sites is 1. The molecule has 0 aliphatic rings. The first-order valence-corrected chi connectivity index (χ1v) is 8.02. The molecule has 2 N–H and O–H groups in total. The van der Waals surface area contributed by atoms with Gasteiger partial charge < -0.3 is 24.4 Å².